The first kappa shape index (κ1) is 25.4. The van der Waals surface area contributed by atoms with E-state index in [1.165, 1.54) is 18.1 Å². The molecule has 2 aliphatic rings. The first-order valence-electron chi connectivity index (χ1n) is 11.2. The van der Waals surface area contributed by atoms with Crippen LogP contribution < -0.4 is 4.74 Å². The molecule has 0 N–H and O–H groups in total. The summed E-state index contributed by atoms with van der Waals surface area (Å²) >= 11 is 0. The Morgan fingerprint density at radius 3 is 2.72 bits per heavy atom. The minimum Gasteiger partial charge on any atom is -0.495 e. The van der Waals surface area contributed by atoms with Crippen molar-refractivity contribution in [2.75, 3.05) is 33.3 Å². The van der Waals surface area contributed by atoms with Crippen molar-refractivity contribution in [1.29, 1.82) is 5.26 Å². The molecule has 1 atom stereocenters. The van der Waals surface area contributed by atoms with Crippen LogP contribution in [0.2, 0.25) is 0 Å². The summed E-state index contributed by atoms with van der Waals surface area (Å²) in [7, 11) is 1.29. The number of ether oxygens (including phenoxy) is 2. The van der Waals surface area contributed by atoms with Gasteiger partial charge < -0.3 is 14.4 Å². The van der Waals surface area contributed by atoms with Gasteiger partial charge in [-0.15, -0.1) is 0 Å². The molecule has 2 aromatic rings. The topological polar surface area (TPSA) is 82.9 Å². The number of nitriles is 1. The molecule has 0 aliphatic carbocycles. The highest BCUT2D eigenvalue weighted by molar-refractivity contribution is 5.93. The van der Waals surface area contributed by atoms with Gasteiger partial charge >= 0.3 is 12.1 Å². The monoisotopic (exact) mass is 505 g/mol. The molecule has 2 aliphatic heterocycles. The standard InChI is InChI=1S/C25H23F4N3O4/c1-35-21-10-16(20(26)9-17(21)12-30)11-23(33)32-7-6-31(22(13-32)25(27,28)29)5-4-15-2-3-19-18(8-15)14-36-24(19)34/h2-3,8-10,22H,4-7,11,13-14H2,1H3. The van der Waals surface area contributed by atoms with Crippen molar-refractivity contribution in [3.63, 3.8) is 0 Å². The maximum absolute atomic E-state index is 14.4. The van der Waals surface area contributed by atoms with E-state index < -0.39 is 42.9 Å². The Hall–Kier alpha value is -3.65. The fourth-order valence-corrected chi connectivity index (χ4v) is 4.50. The Morgan fingerprint density at radius 2 is 2.03 bits per heavy atom. The molecule has 0 aromatic heterocycles. The van der Waals surface area contributed by atoms with Crippen LogP contribution in [0.3, 0.4) is 0 Å². The number of hydrogen-bond acceptors (Lipinski definition) is 6. The molecule has 190 valence electrons. The van der Waals surface area contributed by atoms with Crippen LogP contribution in [0, 0.1) is 17.1 Å². The summed E-state index contributed by atoms with van der Waals surface area (Å²) in [6.45, 7) is -0.237. The maximum atomic E-state index is 14.4. The van der Waals surface area contributed by atoms with Crippen LogP contribution in [-0.4, -0.2) is 67.2 Å². The predicted octanol–water partition coefficient (Wildman–Crippen LogP) is 3.24. The average Bonchev–Trinajstić information content (AvgIpc) is 3.22. The van der Waals surface area contributed by atoms with Gasteiger partial charge in [-0.3, -0.25) is 9.69 Å². The molecule has 4 rings (SSSR count). The number of fused-ring (bicyclic) bond motifs is 1. The number of carbonyl (C=O) groups is 2. The molecular formula is C25H23F4N3O4. The first-order valence-corrected chi connectivity index (χ1v) is 11.2. The summed E-state index contributed by atoms with van der Waals surface area (Å²) < 4.78 is 66.1. The summed E-state index contributed by atoms with van der Waals surface area (Å²) in [4.78, 5) is 26.8. The van der Waals surface area contributed by atoms with E-state index >= 15 is 0 Å². The van der Waals surface area contributed by atoms with Gasteiger partial charge in [0.25, 0.3) is 0 Å². The fraction of sp³-hybridized carbons (Fsp3) is 0.400. The molecule has 1 saturated heterocycles. The lowest BCUT2D eigenvalue weighted by atomic mass is 10.0. The van der Waals surface area contributed by atoms with E-state index in [4.69, 9.17) is 14.7 Å². The molecule has 11 heteroatoms. The number of methoxy groups -OCH3 is 1. The summed E-state index contributed by atoms with van der Waals surface area (Å²) in [5.74, 6) is -1.76. The molecule has 0 saturated carbocycles. The highest BCUT2D eigenvalue weighted by Crippen LogP contribution is 2.30. The first-order chi connectivity index (χ1) is 17.1. The van der Waals surface area contributed by atoms with Crippen molar-refractivity contribution in [1.82, 2.24) is 9.80 Å². The van der Waals surface area contributed by atoms with E-state index in [0.29, 0.717) is 17.5 Å². The molecule has 1 amide bonds. The highest BCUT2D eigenvalue weighted by Gasteiger charge is 2.47. The van der Waals surface area contributed by atoms with Crippen LogP contribution in [-0.2, 0) is 29.0 Å². The number of piperazine rings is 1. The van der Waals surface area contributed by atoms with Crippen molar-refractivity contribution in [3.8, 4) is 11.8 Å². The summed E-state index contributed by atoms with van der Waals surface area (Å²) in [5.41, 5.74) is 1.87. The van der Waals surface area contributed by atoms with E-state index in [1.807, 2.05) is 0 Å². The number of alkyl halides is 3. The second-order valence-corrected chi connectivity index (χ2v) is 8.68. The predicted molar refractivity (Wildman–Crippen MR) is 119 cm³/mol. The molecule has 2 heterocycles. The maximum Gasteiger partial charge on any atom is 0.405 e. The van der Waals surface area contributed by atoms with Crippen LogP contribution >= 0.6 is 0 Å². The third kappa shape index (κ3) is 5.28. The Morgan fingerprint density at radius 1 is 1.25 bits per heavy atom. The van der Waals surface area contributed by atoms with Crippen LogP contribution in [0.15, 0.2) is 30.3 Å². The number of amides is 1. The van der Waals surface area contributed by atoms with Crippen molar-refractivity contribution in [2.45, 2.75) is 31.7 Å². The second kappa shape index (κ2) is 10.1. The number of esters is 1. The van der Waals surface area contributed by atoms with E-state index in [0.717, 1.165) is 16.5 Å². The average molecular weight is 505 g/mol. The molecule has 1 fully saturated rings. The highest BCUT2D eigenvalue weighted by atomic mass is 19.4. The number of carbonyl (C=O) groups excluding carboxylic acids is 2. The third-order valence-corrected chi connectivity index (χ3v) is 6.49. The van der Waals surface area contributed by atoms with Gasteiger partial charge in [-0.2, -0.15) is 18.4 Å². The van der Waals surface area contributed by atoms with Crippen molar-refractivity contribution in [3.05, 3.63) is 64.0 Å². The lowest BCUT2D eigenvalue weighted by Gasteiger charge is -2.42. The third-order valence-electron chi connectivity index (χ3n) is 6.49. The number of hydrogen-bond donors (Lipinski definition) is 0. The van der Waals surface area contributed by atoms with Gasteiger partial charge in [-0.05, 0) is 30.2 Å². The van der Waals surface area contributed by atoms with Gasteiger partial charge in [0.1, 0.15) is 30.3 Å². The molecule has 0 radical (unpaired) electrons. The van der Waals surface area contributed by atoms with Crippen LogP contribution in [0.5, 0.6) is 5.75 Å². The van der Waals surface area contributed by atoms with Gasteiger partial charge in [0.05, 0.1) is 24.7 Å². The summed E-state index contributed by atoms with van der Waals surface area (Å²) in [6, 6.07) is 7.17. The smallest absolute Gasteiger partial charge is 0.405 e. The Labute approximate surface area is 204 Å². The second-order valence-electron chi connectivity index (χ2n) is 8.68. The minimum absolute atomic E-state index is 0.00161. The van der Waals surface area contributed by atoms with Crippen LogP contribution in [0.1, 0.15) is 32.6 Å². The molecule has 7 nitrogen and oxygen atoms in total. The summed E-state index contributed by atoms with van der Waals surface area (Å²) in [5, 5.41) is 9.05. The lowest BCUT2D eigenvalue weighted by molar-refractivity contribution is -0.197. The zero-order valence-electron chi connectivity index (χ0n) is 19.4. The van der Waals surface area contributed by atoms with Crippen LogP contribution in [0.4, 0.5) is 17.6 Å². The van der Waals surface area contributed by atoms with Crippen molar-refractivity contribution in [2.24, 2.45) is 0 Å². The van der Waals surface area contributed by atoms with Gasteiger partial charge in [-0.25, -0.2) is 9.18 Å². The number of benzene rings is 2. The Bertz CT molecular complexity index is 1230. The molecule has 0 bridgehead atoms. The van der Waals surface area contributed by atoms with Crippen molar-refractivity contribution >= 4 is 11.9 Å². The normalized spacial score (nSPS) is 17.9. The van der Waals surface area contributed by atoms with E-state index in [-0.39, 0.29) is 43.1 Å². The fourth-order valence-electron chi connectivity index (χ4n) is 4.50. The summed E-state index contributed by atoms with van der Waals surface area (Å²) in [6.07, 6.45) is -4.69. The zero-order chi connectivity index (χ0) is 26.0. The number of nitrogens with zero attached hydrogens (tertiary/aromatic N) is 3. The lowest BCUT2D eigenvalue weighted by Crippen LogP contribution is -2.60. The molecule has 2 aromatic carbocycles. The number of halogens is 4. The van der Waals surface area contributed by atoms with Crippen LogP contribution in [0.25, 0.3) is 0 Å². The Kier molecular flexibility index (Phi) is 7.17. The molecule has 0 spiro atoms. The molecule has 1 unspecified atom stereocenters. The van der Waals surface area contributed by atoms with Gasteiger partial charge in [-0.1, -0.05) is 12.1 Å². The van der Waals surface area contributed by atoms with Crippen molar-refractivity contribution < 1.29 is 36.6 Å². The number of cyclic esters (lactones) is 1. The number of rotatable bonds is 6. The van der Waals surface area contributed by atoms with E-state index in [1.54, 1.807) is 24.3 Å². The van der Waals surface area contributed by atoms with Gasteiger partial charge in [0, 0.05) is 37.3 Å². The van der Waals surface area contributed by atoms with E-state index in [2.05, 4.69) is 0 Å². The molecule has 36 heavy (non-hydrogen) atoms. The van der Waals surface area contributed by atoms with E-state index in [9.17, 15) is 27.2 Å². The quantitative estimate of drug-likeness (QED) is 0.443. The van der Waals surface area contributed by atoms with Gasteiger partial charge in [0.2, 0.25) is 5.91 Å². The zero-order valence-corrected chi connectivity index (χ0v) is 19.4. The van der Waals surface area contributed by atoms with Gasteiger partial charge in [0.15, 0.2) is 0 Å². The largest absolute Gasteiger partial charge is 0.495 e. The SMILES string of the molecule is COc1cc(CC(=O)N2CCN(CCc3ccc4c(c3)COC4=O)C(C(F)(F)F)C2)c(F)cc1C#N. The molecular weight excluding hydrogens is 482 g/mol. The minimum atomic E-state index is -4.57. The Balaban J connectivity index is 1.42.